The molecular formula is C14H25N3S. The normalized spacial score (nSPS) is 25.0. The summed E-state index contributed by atoms with van der Waals surface area (Å²) in [5.41, 5.74) is 0.385. The van der Waals surface area contributed by atoms with Gasteiger partial charge in [0, 0.05) is 5.92 Å². The molecule has 1 aliphatic rings. The molecule has 18 heavy (non-hydrogen) atoms. The predicted octanol–water partition coefficient (Wildman–Crippen LogP) is 3.89. The molecule has 1 saturated carbocycles. The molecule has 0 amide bonds. The fraction of sp³-hybridized carbons (Fsp3) is 0.857. The molecule has 0 aromatic carbocycles. The minimum Gasteiger partial charge on any atom is -0.308 e. The summed E-state index contributed by atoms with van der Waals surface area (Å²) in [7, 11) is 0. The van der Waals surface area contributed by atoms with E-state index in [4.69, 9.17) is 0 Å². The number of hydrogen-bond donors (Lipinski definition) is 1. The average molecular weight is 267 g/mol. The topological polar surface area (TPSA) is 37.8 Å². The molecule has 0 spiro atoms. The molecule has 0 saturated heterocycles. The highest BCUT2D eigenvalue weighted by Gasteiger charge is 2.35. The summed E-state index contributed by atoms with van der Waals surface area (Å²) in [5, 5.41) is 14.6. The molecule has 3 nitrogen and oxygen atoms in total. The number of hydrogen-bond acceptors (Lipinski definition) is 4. The molecule has 102 valence electrons. The molecule has 1 N–H and O–H groups in total. The lowest BCUT2D eigenvalue weighted by molar-refractivity contribution is 0.198. The van der Waals surface area contributed by atoms with Gasteiger partial charge in [-0.2, -0.15) is 0 Å². The molecule has 2 rings (SSSR count). The van der Waals surface area contributed by atoms with Crippen molar-refractivity contribution in [1.82, 2.24) is 15.5 Å². The van der Waals surface area contributed by atoms with Crippen LogP contribution < -0.4 is 5.32 Å². The van der Waals surface area contributed by atoms with Gasteiger partial charge >= 0.3 is 0 Å². The lowest BCUT2D eigenvalue weighted by Gasteiger charge is -2.37. The van der Waals surface area contributed by atoms with E-state index in [-0.39, 0.29) is 0 Å². The average Bonchev–Trinajstić information content (AvgIpc) is 2.78. The molecule has 1 fully saturated rings. The van der Waals surface area contributed by atoms with E-state index in [1.807, 2.05) is 0 Å². The predicted molar refractivity (Wildman–Crippen MR) is 77.0 cm³/mol. The third-order valence-electron chi connectivity index (χ3n) is 4.14. The third-order valence-corrected chi connectivity index (χ3v) is 5.36. The van der Waals surface area contributed by atoms with Crippen molar-refractivity contribution in [3.8, 4) is 0 Å². The Hall–Kier alpha value is -0.480. The Labute approximate surface area is 114 Å². The van der Waals surface area contributed by atoms with E-state index in [0.29, 0.717) is 17.4 Å². The smallest absolute Gasteiger partial charge is 0.134 e. The molecule has 1 heterocycles. The molecule has 1 aliphatic carbocycles. The van der Waals surface area contributed by atoms with Crippen molar-refractivity contribution < 1.29 is 0 Å². The number of aromatic nitrogens is 2. The summed E-state index contributed by atoms with van der Waals surface area (Å²) in [4.78, 5) is 0. The molecule has 0 aliphatic heterocycles. The van der Waals surface area contributed by atoms with Crippen molar-refractivity contribution in [1.29, 1.82) is 0 Å². The molecule has 1 aromatic rings. The van der Waals surface area contributed by atoms with Crippen LogP contribution in [0.4, 0.5) is 0 Å². The highest BCUT2D eigenvalue weighted by Crippen LogP contribution is 2.47. The number of nitrogens with zero attached hydrogens (tertiary/aromatic N) is 2. The van der Waals surface area contributed by atoms with E-state index in [9.17, 15) is 0 Å². The first-order valence-corrected chi connectivity index (χ1v) is 7.93. The number of nitrogens with one attached hydrogen (secondary N) is 1. The molecule has 0 radical (unpaired) electrons. The van der Waals surface area contributed by atoms with Crippen LogP contribution in [0.3, 0.4) is 0 Å². The fourth-order valence-corrected chi connectivity index (χ4v) is 4.12. The van der Waals surface area contributed by atoms with Crippen LogP contribution in [0.1, 0.15) is 75.4 Å². The maximum atomic E-state index is 4.47. The summed E-state index contributed by atoms with van der Waals surface area (Å²) < 4.78 is 0. The van der Waals surface area contributed by atoms with E-state index >= 15 is 0 Å². The zero-order valence-corrected chi connectivity index (χ0v) is 12.8. The van der Waals surface area contributed by atoms with Crippen molar-refractivity contribution >= 4 is 11.3 Å². The van der Waals surface area contributed by atoms with Crippen LogP contribution in [0, 0.1) is 5.41 Å². The van der Waals surface area contributed by atoms with Crippen molar-refractivity contribution in [2.24, 2.45) is 5.41 Å². The van der Waals surface area contributed by atoms with Crippen LogP contribution >= 0.6 is 11.3 Å². The van der Waals surface area contributed by atoms with Gasteiger partial charge in [-0.15, -0.1) is 10.2 Å². The van der Waals surface area contributed by atoms with Gasteiger partial charge in [0.05, 0.1) is 6.04 Å². The summed E-state index contributed by atoms with van der Waals surface area (Å²) in [6, 6.07) is 0.327. The first kappa shape index (κ1) is 13.9. The van der Waals surface area contributed by atoms with Gasteiger partial charge in [-0.1, -0.05) is 44.9 Å². The largest absolute Gasteiger partial charge is 0.308 e. The van der Waals surface area contributed by atoms with Crippen LogP contribution in [-0.2, 0) is 0 Å². The van der Waals surface area contributed by atoms with Gasteiger partial charge in [-0.25, -0.2) is 0 Å². The van der Waals surface area contributed by atoms with Crippen molar-refractivity contribution in [3.05, 3.63) is 10.0 Å². The molecule has 2 unspecified atom stereocenters. The monoisotopic (exact) mass is 267 g/mol. The van der Waals surface area contributed by atoms with E-state index in [0.717, 1.165) is 11.6 Å². The van der Waals surface area contributed by atoms with Crippen molar-refractivity contribution in [2.45, 2.75) is 65.3 Å². The number of rotatable bonds is 4. The zero-order chi connectivity index (χ0) is 13.2. The molecular weight excluding hydrogens is 242 g/mol. The lowest BCUT2D eigenvalue weighted by atomic mass is 9.69. The standard InChI is InChI=1S/C14H25N3S/c1-5-15-10(2)12-16-17-13(18-12)11-8-6-7-9-14(11,3)4/h10-11,15H,5-9H2,1-4H3. The Morgan fingerprint density at radius 1 is 1.39 bits per heavy atom. The lowest BCUT2D eigenvalue weighted by Crippen LogP contribution is -2.25. The van der Waals surface area contributed by atoms with Crippen LogP contribution in [0.5, 0.6) is 0 Å². The minimum absolute atomic E-state index is 0.327. The summed E-state index contributed by atoms with van der Waals surface area (Å²) in [6.07, 6.45) is 5.29. The SMILES string of the molecule is CCNC(C)c1nnc(C2CCCCC2(C)C)s1. The third kappa shape index (κ3) is 2.91. The Bertz CT molecular complexity index is 386. The second kappa shape index (κ2) is 5.66. The van der Waals surface area contributed by atoms with Gasteiger partial charge in [0.1, 0.15) is 10.0 Å². The maximum absolute atomic E-state index is 4.47. The van der Waals surface area contributed by atoms with Gasteiger partial charge < -0.3 is 5.32 Å². The summed E-state index contributed by atoms with van der Waals surface area (Å²) in [5.74, 6) is 0.603. The van der Waals surface area contributed by atoms with E-state index < -0.39 is 0 Å². The van der Waals surface area contributed by atoms with E-state index in [1.54, 1.807) is 11.3 Å². The fourth-order valence-electron chi connectivity index (χ4n) is 2.91. The second-order valence-corrected chi connectivity index (χ2v) is 7.09. The maximum Gasteiger partial charge on any atom is 0.134 e. The van der Waals surface area contributed by atoms with Crippen LogP contribution in [0.15, 0.2) is 0 Å². The highest BCUT2D eigenvalue weighted by molar-refractivity contribution is 7.11. The van der Waals surface area contributed by atoms with E-state index in [1.165, 1.54) is 30.7 Å². The molecule has 1 aromatic heterocycles. The Morgan fingerprint density at radius 3 is 2.83 bits per heavy atom. The summed E-state index contributed by atoms with van der Waals surface area (Å²) >= 11 is 1.81. The van der Waals surface area contributed by atoms with Gasteiger partial charge in [-0.3, -0.25) is 0 Å². The van der Waals surface area contributed by atoms with Gasteiger partial charge in [0.25, 0.3) is 0 Å². The van der Waals surface area contributed by atoms with Crippen LogP contribution in [-0.4, -0.2) is 16.7 Å². The van der Waals surface area contributed by atoms with Crippen LogP contribution in [0.25, 0.3) is 0 Å². The molecule has 4 heteroatoms. The minimum atomic E-state index is 0.327. The molecule has 0 bridgehead atoms. The molecule has 2 atom stereocenters. The van der Waals surface area contributed by atoms with Crippen molar-refractivity contribution in [3.63, 3.8) is 0 Å². The highest BCUT2D eigenvalue weighted by atomic mass is 32.1. The first-order valence-electron chi connectivity index (χ1n) is 7.11. The van der Waals surface area contributed by atoms with Gasteiger partial charge in [0.15, 0.2) is 0 Å². The second-order valence-electron chi connectivity index (χ2n) is 6.04. The van der Waals surface area contributed by atoms with E-state index in [2.05, 4.69) is 43.2 Å². The zero-order valence-electron chi connectivity index (χ0n) is 12.0. The Balaban J connectivity index is 2.13. The Kier molecular flexibility index (Phi) is 4.38. The quantitative estimate of drug-likeness (QED) is 0.899. The van der Waals surface area contributed by atoms with Crippen molar-refractivity contribution in [2.75, 3.05) is 6.54 Å². The summed E-state index contributed by atoms with van der Waals surface area (Å²) in [6.45, 7) is 10.0. The van der Waals surface area contributed by atoms with Gasteiger partial charge in [0.2, 0.25) is 0 Å². The van der Waals surface area contributed by atoms with Crippen LogP contribution in [0.2, 0.25) is 0 Å². The Morgan fingerprint density at radius 2 is 2.17 bits per heavy atom. The first-order chi connectivity index (χ1) is 8.54. The van der Waals surface area contributed by atoms with Gasteiger partial charge in [-0.05, 0) is 31.7 Å².